The lowest BCUT2D eigenvalue weighted by atomic mass is 10.1. The zero-order chi connectivity index (χ0) is 9.97. The first kappa shape index (κ1) is 9.05. The summed E-state index contributed by atoms with van der Waals surface area (Å²) in [6, 6.07) is 0.433. The Morgan fingerprint density at radius 1 is 1.43 bits per heavy atom. The van der Waals surface area contributed by atoms with Gasteiger partial charge in [-0.1, -0.05) is 0 Å². The molecule has 0 radical (unpaired) electrons. The summed E-state index contributed by atoms with van der Waals surface area (Å²) in [5.74, 6) is -1.16. The topological polar surface area (TPSA) is 66.6 Å². The van der Waals surface area contributed by atoms with Crippen LogP contribution < -0.4 is 4.90 Å². The van der Waals surface area contributed by atoms with Gasteiger partial charge in [-0.15, -0.1) is 0 Å². The highest BCUT2D eigenvalue weighted by Gasteiger charge is 2.17. The number of carbonyl (C=O) groups is 1. The average Bonchev–Trinajstić information content (AvgIpc) is 2.68. The van der Waals surface area contributed by atoms with E-state index in [1.54, 1.807) is 0 Å². The Kier molecular flexibility index (Phi) is 2.39. The van der Waals surface area contributed by atoms with Crippen molar-refractivity contribution < 1.29 is 14.3 Å². The fourth-order valence-electron chi connectivity index (χ4n) is 1.60. The summed E-state index contributed by atoms with van der Waals surface area (Å²) in [4.78, 5) is 16.5. The maximum Gasteiger partial charge on any atom is 0.373 e. The number of hydrogen-bond acceptors (Lipinski definition) is 4. The van der Waals surface area contributed by atoms with E-state index in [1.165, 1.54) is 12.6 Å². The summed E-state index contributed by atoms with van der Waals surface area (Å²) in [7, 11) is 0. The van der Waals surface area contributed by atoms with Crippen LogP contribution >= 0.6 is 0 Å². The third-order valence-corrected chi connectivity index (χ3v) is 2.33. The van der Waals surface area contributed by atoms with Gasteiger partial charge in [-0.2, -0.15) is 0 Å². The van der Waals surface area contributed by atoms with Crippen LogP contribution in [0, 0.1) is 0 Å². The van der Waals surface area contributed by atoms with Crippen molar-refractivity contribution in [3.63, 3.8) is 0 Å². The summed E-state index contributed by atoms with van der Waals surface area (Å²) in [5.41, 5.74) is 0. The molecule has 1 fully saturated rings. The van der Waals surface area contributed by atoms with Gasteiger partial charge in [-0.3, -0.25) is 0 Å². The molecule has 0 aliphatic carbocycles. The molecule has 0 spiro atoms. The van der Waals surface area contributed by atoms with Gasteiger partial charge < -0.3 is 14.4 Å². The van der Waals surface area contributed by atoms with Crippen molar-refractivity contribution in [2.45, 2.75) is 19.3 Å². The van der Waals surface area contributed by atoms with Gasteiger partial charge in [-0.05, 0) is 19.3 Å². The largest absolute Gasteiger partial charge is 0.475 e. The van der Waals surface area contributed by atoms with Gasteiger partial charge in [0, 0.05) is 13.1 Å². The highest BCUT2D eigenvalue weighted by molar-refractivity contribution is 5.84. The predicted octanol–water partition coefficient (Wildman–Crippen LogP) is 1.36. The molecule has 0 atom stereocenters. The zero-order valence-corrected chi connectivity index (χ0v) is 7.77. The van der Waals surface area contributed by atoms with Crippen LogP contribution in [0.3, 0.4) is 0 Å². The molecule has 0 amide bonds. The minimum absolute atomic E-state index is 0.0921. The monoisotopic (exact) mass is 196 g/mol. The Bertz CT molecular complexity index is 329. The van der Waals surface area contributed by atoms with Crippen molar-refractivity contribution in [2.24, 2.45) is 0 Å². The molecule has 76 valence electrons. The van der Waals surface area contributed by atoms with Gasteiger partial charge in [0.25, 0.3) is 6.01 Å². The molecule has 2 heterocycles. The van der Waals surface area contributed by atoms with E-state index in [2.05, 4.69) is 4.98 Å². The molecule has 0 aromatic carbocycles. The molecule has 1 aliphatic heterocycles. The molecule has 1 N–H and O–H groups in total. The fraction of sp³-hybridized carbons (Fsp3) is 0.556. The molecule has 5 nitrogen and oxygen atoms in total. The Hall–Kier alpha value is -1.52. The maximum atomic E-state index is 10.5. The van der Waals surface area contributed by atoms with Crippen molar-refractivity contribution in [3.05, 3.63) is 12.0 Å². The Morgan fingerprint density at radius 2 is 2.14 bits per heavy atom. The van der Waals surface area contributed by atoms with Crippen LogP contribution in [0.2, 0.25) is 0 Å². The second kappa shape index (κ2) is 3.69. The van der Waals surface area contributed by atoms with Crippen molar-refractivity contribution in [2.75, 3.05) is 18.0 Å². The van der Waals surface area contributed by atoms with Crippen molar-refractivity contribution in [3.8, 4) is 0 Å². The number of aromatic nitrogens is 1. The van der Waals surface area contributed by atoms with E-state index >= 15 is 0 Å². The van der Waals surface area contributed by atoms with Crippen LogP contribution in [0.5, 0.6) is 0 Å². The lowest BCUT2D eigenvalue weighted by Crippen LogP contribution is -2.29. The van der Waals surface area contributed by atoms with Crippen molar-refractivity contribution >= 4 is 12.0 Å². The summed E-state index contributed by atoms with van der Waals surface area (Å²) in [6.07, 6.45) is 4.71. The van der Waals surface area contributed by atoms with Crippen LogP contribution in [-0.2, 0) is 0 Å². The lowest BCUT2D eigenvalue weighted by molar-refractivity contribution is 0.0663. The van der Waals surface area contributed by atoms with Crippen LogP contribution in [0.4, 0.5) is 6.01 Å². The highest BCUT2D eigenvalue weighted by atomic mass is 16.4. The molecule has 0 bridgehead atoms. The lowest BCUT2D eigenvalue weighted by Gasteiger charge is -2.24. The quantitative estimate of drug-likeness (QED) is 0.773. The van der Waals surface area contributed by atoms with E-state index in [0.717, 1.165) is 25.9 Å². The van der Waals surface area contributed by atoms with E-state index < -0.39 is 5.97 Å². The normalized spacial score (nSPS) is 17.0. The zero-order valence-electron chi connectivity index (χ0n) is 7.77. The van der Waals surface area contributed by atoms with Crippen LogP contribution in [0.1, 0.15) is 29.8 Å². The predicted molar refractivity (Wildman–Crippen MR) is 49.5 cm³/mol. The second-order valence-electron chi connectivity index (χ2n) is 3.36. The third-order valence-electron chi connectivity index (χ3n) is 2.33. The van der Waals surface area contributed by atoms with Crippen LogP contribution in [0.15, 0.2) is 10.6 Å². The molecular formula is C9H12N2O3. The number of anilines is 1. The summed E-state index contributed by atoms with van der Waals surface area (Å²) < 4.78 is 5.10. The van der Waals surface area contributed by atoms with E-state index in [-0.39, 0.29) is 5.76 Å². The van der Waals surface area contributed by atoms with E-state index in [0.29, 0.717) is 6.01 Å². The molecule has 5 heteroatoms. The number of aromatic carboxylic acids is 1. The van der Waals surface area contributed by atoms with Gasteiger partial charge >= 0.3 is 5.97 Å². The molecule has 2 rings (SSSR count). The van der Waals surface area contributed by atoms with Gasteiger partial charge in [0.05, 0.1) is 6.20 Å². The second-order valence-corrected chi connectivity index (χ2v) is 3.36. The van der Waals surface area contributed by atoms with Gasteiger partial charge in [0.15, 0.2) is 0 Å². The number of hydrogen-bond donors (Lipinski definition) is 1. The molecule has 14 heavy (non-hydrogen) atoms. The minimum atomic E-state index is -1.07. The van der Waals surface area contributed by atoms with Crippen molar-refractivity contribution in [1.82, 2.24) is 4.98 Å². The maximum absolute atomic E-state index is 10.5. The number of carboxylic acids is 1. The fourth-order valence-corrected chi connectivity index (χ4v) is 1.60. The van der Waals surface area contributed by atoms with Gasteiger partial charge in [0.2, 0.25) is 5.76 Å². The molecule has 0 unspecified atom stereocenters. The third kappa shape index (κ3) is 1.71. The van der Waals surface area contributed by atoms with Crippen LogP contribution in [-0.4, -0.2) is 29.1 Å². The summed E-state index contributed by atoms with van der Waals surface area (Å²) in [6.45, 7) is 1.80. The number of carboxylic acid groups (broad SMARTS) is 1. The van der Waals surface area contributed by atoms with E-state index in [4.69, 9.17) is 9.52 Å². The SMILES string of the molecule is O=C(O)c1cnc(N2CCCCC2)o1. The molecular weight excluding hydrogens is 184 g/mol. The number of nitrogens with zero attached hydrogens (tertiary/aromatic N) is 2. The molecule has 1 aliphatic rings. The van der Waals surface area contributed by atoms with Gasteiger partial charge in [-0.25, -0.2) is 9.78 Å². The van der Waals surface area contributed by atoms with E-state index in [9.17, 15) is 4.79 Å². The summed E-state index contributed by atoms with van der Waals surface area (Å²) in [5, 5.41) is 8.64. The molecule has 1 aromatic heterocycles. The van der Waals surface area contributed by atoms with Crippen molar-refractivity contribution in [1.29, 1.82) is 0 Å². The van der Waals surface area contributed by atoms with Gasteiger partial charge in [0.1, 0.15) is 0 Å². The summed E-state index contributed by atoms with van der Waals surface area (Å²) >= 11 is 0. The highest BCUT2D eigenvalue weighted by Crippen LogP contribution is 2.19. The first-order valence-corrected chi connectivity index (χ1v) is 4.71. The average molecular weight is 196 g/mol. The first-order chi connectivity index (χ1) is 6.77. The molecule has 1 saturated heterocycles. The Labute approximate surface area is 81.3 Å². The van der Waals surface area contributed by atoms with Crippen LogP contribution in [0.25, 0.3) is 0 Å². The van der Waals surface area contributed by atoms with E-state index in [1.807, 2.05) is 4.90 Å². The Morgan fingerprint density at radius 3 is 2.71 bits per heavy atom. The standard InChI is InChI=1S/C9H12N2O3/c12-8(13)7-6-10-9(14-7)11-4-2-1-3-5-11/h6H,1-5H2,(H,12,13). The smallest absolute Gasteiger partial charge is 0.373 e. The molecule has 1 aromatic rings. The molecule has 0 saturated carbocycles. The minimum Gasteiger partial charge on any atom is -0.475 e. The number of piperidine rings is 1. The number of oxazole rings is 1. The Balaban J connectivity index is 2.11. The first-order valence-electron chi connectivity index (χ1n) is 4.71. The number of rotatable bonds is 2.